The summed E-state index contributed by atoms with van der Waals surface area (Å²) in [6, 6.07) is 19.7. The van der Waals surface area contributed by atoms with Gasteiger partial charge in [-0.15, -0.1) is 11.8 Å². The Hall–Kier alpha value is -2.84. The fourth-order valence-electron chi connectivity index (χ4n) is 2.71. The van der Waals surface area contributed by atoms with Crippen molar-refractivity contribution in [2.45, 2.75) is 28.9 Å². The molecule has 156 valence electrons. The van der Waals surface area contributed by atoms with Crippen LogP contribution >= 0.6 is 11.8 Å². The first kappa shape index (κ1) is 21.9. The van der Waals surface area contributed by atoms with Crippen molar-refractivity contribution in [2.75, 3.05) is 10.0 Å². The highest BCUT2D eigenvalue weighted by Gasteiger charge is 2.21. The van der Waals surface area contributed by atoms with Crippen molar-refractivity contribution in [1.82, 2.24) is 0 Å². The van der Waals surface area contributed by atoms with Gasteiger partial charge in [0.05, 0.1) is 15.8 Å². The Bertz CT molecular complexity index is 1150. The largest absolute Gasteiger partial charge is 0.325 e. The van der Waals surface area contributed by atoms with Gasteiger partial charge in [-0.2, -0.15) is 0 Å². The predicted octanol–water partition coefficient (Wildman–Crippen LogP) is 5.05. The van der Waals surface area contributed by atoms with Gasteiger partial charge in [-0.3, -0.25) is 9.52 Å². The fraction of sp³-hybridized carbons (Fsp3) is 0.136. The number of amides is 1. The molecule has 1 atom stereocenters. The molecule has 5 nitrogen and oxygen atoms in total. The van der Waals surface area contributed by atoms with Gasteiger partial charge in [0.25, 0.3) is 10.0 Å². The number of para-hydroxylation sites is 1. The molecule has 0 saturated heterocycles. The van der Waals surface area contributed by atoms with Crippen LogP contribution in [0, 0.1) is 12.7 Å². The molecular formula is C22H21FN2O3S2. The summed E-state index contributed by atoms with van der Waals surface area (Å²) in [6.07, 6.45) is 0. The number of hydrogen-bond acceptors (Lipinski definition) is 4. The number of carbonyl (C=O) groups excluding carboxylic acids is 1. The second-order valence-electron chi connectivity index (χ2n) is 6.63. The zero-order chi connectivity index (χ0) is 21.7. The maximum Gasteiger partial charge on any atom is 0.262 e. The van der Waals surface area contributed by atoms with Crippen molar-refractivity contribution < 1.29 is 17.6 Å². The molecule has 8 heteroatoms. The summed E-state index contributed by atoms with van der Waals surface area (Å²) in [6.45, 7) is 3.41. The summed E-state index contributed by atoms with van der Waals surface area (Å²) in [5, 5.41) is 2.37. The normalized spacial score (nSPS) is 12.2. The highest BCUT2D eigenvalue weighted by Crippen LogP contribution is 2.26. The molecule has 1 unspecified atom stereocenters. The Morgan fingerprint density at radius 2 is 1.67 bits per heavy atom. The average Bonchev–Trinajstić information content (AvgIpc) is 2.71. The first-order valence-electron chi connectivity index (χ1n) is 9.17. The van der Waals surface area contributed by atoms with Gasteiger partial charge in [0.15, 0.2) is 0 Å². The van der Waals surface area contributed by atoms with Crippen LogP contribution in [0.3, 0.4) is 0 Å². The monoisotopic (exact) mass is 444 g/mol. The van der Waals surface area contributed by atoms with Crippen LogP contribution in [-0.4, -0.2) is 19.6 Å². The molecule has 0 saturated carbocycles. The van der Waals surface area contributed by atoms with Crippen molar-refractivity contribution in [2.24, 2.45) is 0 Å². The van der Waals surface area contributed by atoms with E-state index in [1.54, 1.807) is 26.0 Å². The van der Waals surface area contributed by atoms with Gasteiger partial charge in [-0.25, -0.2) is 12.8 Å². The van der Waals surface area contributed by atoms with E-state index in [1.165, 1.54) is 42.1 Å². The number of anilines is 2. The van der Waals surface area contributed by atoms with E-state index in [1.807, 2.05) is 30.3 Å². The lowest BCUT2D eigenvalue weighted by molar-refractivity contribution is -0.115. The van der Waals surface area contributed by atoms with E-state index in [0.29, 0.717) is 11.3 Å². The Balaban J connectivity index is 1.77. The van der Waals surface area contributed by atoms with Crippen LogP contribution in [0.25, 0.3) is 0 Å². The zero-order valence-corrected chi connectivity index (χ0v) is 18.1. The van der Waals surface area contributed by atoms with E-state index < -0.39 is 15.8 Å². The lowest BCUT2D eigenvalue weighted by Crippen LogP contribution is -2.23. The number of aryl methyl sites for hydroxylation is 1. The Morgan fingerprint density at radius 3 is 2.37 bits per heavy atom. The summed E-state index contributed by atoms with van der Waals surface area (Å²) >= 11 is 1.40. The van der Waals surface area contributed by atoms with E-state index in [9.17, 15) is 17.6 Å². The van der Waals surface area contributed by atoms with Crippen molar-refractivity contribution in [3.63, 3.8) is 0 Å². The van der Waals surface area contributed by atoms with Gasteiger partial charge < -0.3 is 5.32 Å². The van der Waals surface area contributed by atoms with Crippen molar-refractivity contribution in [3.8, 4) is 0 Å². The summed E-state index contributed by atoms with van der Waals surface area (Å²) < 4.78 is 41.7. The zero-order valence-electron chi connectivity index (χ0n) is 16.4. The molecule has 0 spiro atoms. The molecule has 3 aromatic carbocycles. The number of thioether (sulfide) groups is 1. The molecule has 0 radical (unpaired) electrons. The topological polar surface area (TPSA) is 75.3 Å². The van der Waals surface area contributed by atoms with Gasteiger partial charge >= 0.3 is 0 Å². The fourth-order valence-corrected chi connectivity index (χ4v) is 4.94. The number of halogens is 1. The lowest BCUT2D eigenvalue weighted by Gasteiger charge is -2.15. The Kier molecular flexibility index (Phi) is 6.79. The SMILES string of the molecule is Cc1ccc(NC(=O)C(C)Sc2ccccc2)cc1S(=O)(=O)Nc1ccccc1F. The van der Waals surface area contributed by atoms with Crippen molar-refractivity contribution in [1.29, 1.82) is 0 Å². The average molecular weight is 445 g/mol. The Morgan fingerprint density at radius 1 is 1.00 bits per heavy atom. The standard InChI is InChI=1S/C22H21FN2O3S2/c1-15-12-13-17(24-22(26)16(2)29-18-8-4-3-5-9-18)14-21(15)30(27,28)25-20-11-7-6-10-19(20)23/h3-14,16,25H,1-2H3,(H,24,26). The highest BCUT2D eigenvalue weighted by molar-refractivity contribution is 8.00. The van der Waals surface area contributed by atoms with Gasteiger partial charge in [0.2, 0.25) is 5.91 Å². The number of nitrogens with one attached hydrogen (secondary N) is 2. The van der Waals surface area contributed by atoms with Crippen LogP contribution in [0.4, 0.5) is 15.8 Å². The number of carbonyl (C=O) groups is 1. The van der Waals surface area contributed by atoms with E-state index >= 15 is 0 Å². The van der Waals surface area contributed by atoms with Crippen LogP contribution in [-0.2, 0) is 14.8 Å². The Labute approximate surface area is 179 Å². The predicted molar refractivity (Wildman–Crippen MR) is 119 cm³/mol. The quantitative estimate of drug-likeness (QED) is 0.500. The molecule has 0 heterocycles. The maximum atomic E-state index is 13.9. The summed E-state index contributed by atoms with van der Waals surface area (Å²) in [7, 11) is -4.04. The molecule has 0 aromatic heterocycles. The number of sulfonamides is 1. The third kappa shape index (κ3) is 5.40. The second kappa shape index (κ2) is 9.32. The molecule has 0 aliphatic rings. The molecule has 2 N–H and O–H groups in total. The van der Waals surface area contributed by atoms with Gasteiger partial charge in [-0.1, -0.05) is 36.4 Å². The van der Waals surface area contributed by atoms with Gasteiger partial charge in [-0.05, 0) is 55.8 Å². The van der Waals surface area contributed by atoms with Crippen molar-refractivity contribution in [3.05, 3.63) is 84.2 Å². The molecule has 0 aliphatic heterocycles. The second-order valence-corrected chi connectivity index (χ2v) is 9.69. The lowest BCUT2D eigenvalue weighted by atomic mass is 10.2. The summed E-state index contributed by atoms with van der Waals surface area (Å²) in [4.78, 5) is 13.5. The highest BCUT2D eigenvalue weighted by atomic mass is 32.2. The molecule has 3 aromatic rings. The van der Waals surface area contributed by atoms with Gasteiger partial charge in [0, 0.05) is 10.6 Å². The van der Waals surface area contributed by atoms with E-state index in [4.69, 9.17) is 0 Å². The third-order valence-electron chi connectivity index (χ3n) is 4.29. The number of rotatable bonds is 7. The van der Waals surface area contributed by atoms with E-state index in [0.717, 1.165) is 4.90 Å². The first-order valence-corrected chi connectivity index (χ1v) is 11.5. The maximum absolute atomic E-state index is 13.9. The first-order chi connectivity index (χ1) is 14.3. The smallest absolute Gasteiger partial charge is 0.262 e. The van der Waals surface area contributed by atoms with Crippen molar-refractivity contribution >= 4 is 39.1 Å². The minimum absolute atomic E-state index is 0.0353. The van der Waals surface area contributed by atoms with Crippen LogP contribution in [0.2, 0.25) is 0 Å². The molecule has 0 bridgehead atoms. The van der Waals surface area contributed by atoms with Crippen LogP contribution in [0.15, 0.2) is 82.6 Å². The number of benzene rings is 3. The van der Waals surface area contributed by atoms with Crippen LogP contribution in [0.5, 0.6) is 0 Å². The third-order valence-corrected chi connectivity index (χ3v) is 6.91. The molecule has 0 fully saturated rings. The molecule has 0 aliphatic carbocycles. The minimum atomic E-state index is -4.04. The van der Waals surface area contributed by atoms with E-state index in [-0.39, 0.29) is 21.7 Å². The molecular weight excluding hydrogens is 423 g/mol. The van der Waals surface area contributed by atoms with E-state index in [2.05, 4.69) is 10.0 Å². The van der Waals surface area contributed by atoms with Crippen LogP contribution in [0.1, 0.15) is 12.5 Å². The minimum Gasteiger partial charge on any atom is -0.325 e. The van der Waals surface area contributed by atoms with Crippen LogP contribution < -0.4 is 10.0 Å². The summed E-state index contributed by atoms with van der Waals surface area (Å²) in [5.41, 5.74) is 0.683. The number of hydrogen-bond donors (Lipinski definition) is 2. The molecule has 3 rings (SSSR count). The molecule has 1 amide bonds. The molecule has 30 heavy (non-hydrogen) atoms. The summed E-state index contributed by atoms with van der Waals surface area (Å²) in [5.74, 6) is -0.923. The van der Waals surface area contributed by atoms with Gasteiger partial charge in [0.1, 0.15) is 5.82 Å².